The van der Waals surface area contributed by atoms with Crippen molar-refractivity contribution in [1.82, 2.24) is 4.90 Å². The van der Waals surface area contributed by atoms with Gasteiger partial charge in [-0.1, -0.05) is 0 Å². The number of hydrogen-bond acceptors (Lipinski definition) is 3. The largest absolute Gasteiger partial charge is 0.465 e. The zero-order chi connectivity index (χ0) is 14.9. The minimum atomic E-state index is -0.951. The first kappa shape index (κ1) is 14.1. The Morgan fingerprint density at radius 3 is 2.60 bits per heavy atom. The van der Waals surface area contributed by atoms with Gasteiger partial charge in [-0.3, -0.25) is 4.79 Å². The second-order valence-electron chi connectivity index (χ2n) is 4.80. The molecule has 1 fully saturated rings. The molecule has 1 heterocycles. The minimum absolute atomic E-state index is 0.147. The number of halogens is 1. The van der Waals surface area contributed by atoms with Crippen LogP contribution in [0.25, 0.3) is 0 Å². The Morgan fingerprint density at radius 2 is 2.10 bits per heavy atom. The van der Waals surface area contributed by atoms with E-state index in [1.165, 1.54) is 17.0 Å². The van der Waals surface area contributed by atoms with E-state index in [2.05, 4.69) is 0 Å². The zero-order valence-corrected chi connectivity index (χ0v) is 11.0. The lowest BCUT2D eigenvalue weighted by molar-refractivity contribution is 0.0996. The van der Waals surface area contributed by atoms with Crippen LogP contribution in [-0.4, -0.2) is 47.7 Å². The summed E-state index contributed by atoms with van der Waals surface area (Å²) in [7, 11) is 0. The van der Waals surface area contributed by atoms with Gasteiger partial charge in [-0.2, -0.15) is 0 Å². The van der Waals surface area contributed by atoms with E-state index in [1.807, 2.05) is 4.90 Å². The van der Waals surface area contributed by atoms with Crippen molar-refractivity contribution in [2.45, 2.75) is 13.0 Å². The van der Waals surface area contributed by atoms with Crippen LogP contribution in [0, 0.1) is 5.82 Å². The lowest BCUT2D eigenvalue weighted by Gasteiger charge is -2.39. The standard InChI is InChI=1S/C13H16FN3O3/c1-8-7-16(4-5-17(8)13(19)20)9-2-3-10(12(15)18)11(14)6-9/h2-3,6,8H,4-5,7H2,1H3,(H2,15,18)(H,19,20). The zero-order valence-electron chi connectivity index (χ0n) is 11.0. The van der Waals surface area contributed by atoms with E-state index in [0.717, 1.165) is 0 Å². The van der Waals surface area contributed by atoms with Crippen LogP contribution in [0.2, 0.25) is 0 Å². The van der Waals surface area contributed by atoms with Crippen LogP contribution < -0.4 is 10.6 Å². The van der Waals surface area contributed by atoms with Crippen LogP contribution in [0.5, 0.6) is 0 Å². The lowest BCUT2D eigenvalue weighted by atomic mass is 10.1. The number of carboxylic acid groups (broad SMARTS) is 1. The quantitative estimate of drug-likeness (QED) is 0.850. The summed E-state index contributed by atoms with van der Waals surface area (Å²) in [5.41, 5.74) is 5.52. The highest BCUT2D eigenvalue weighted by atomic mass is 19.1. The van der Waals surface area contributed by atoms with Gasteiger partial charge in [-0.15, -0.1) is 0 Å². The first-order valence-electron chi connectivity index (χ1n) is 6.24. The van der Waals surface area contributed by atoms with Crippen LogP contribution in [0.3, 0.4) is 0 Å². The van der Waals surface area contributed by atoms with Gasteiger partial charge in [0, 0.05) is 31.4 Å². The smallest absolute Gasteiger partial charge is 0.407 e. The molecule has 1 unspecified atom stereocenters. The molecule has 0 aliphatic carbocycles. The van der Waals surface area contributed by atoms with Gasteiger partial charge in [0.05, 0.1) is 5.56 Å². The van der Waals surface area contributed by atoms with Crippen molar-refractivity contribution in [3.63, 3.8) is 0 Å². The molecule has 2 rings (SSSR count). The van der Waals surface area contributed by atoms with Crippen molar-refractivity contribution >= 4 is 17.7 Å². The summed E-state index contributed by atoms with van der Waals surface area (Å²) < 4.78 is 13.7. The summed E-state index contributed by atoms with van der Waals surface area (Å²) in [6.45, 7) is 3.11. The van der Waals surface area contributed by atoms with E-state index >= 15 is 0 Å². The summed E-state index contributed by atoms with van der Waals surface area (Å²) in [6, 6.07) is 4.04. The number of rotatable bonds is 2. The third-order valence-corrected chi connectivity index (χ3v) is 3.46. The first-order valence-corrected chi connectivity index (χ1v) is 6.24. The number of hydrogen-bond donors (Lipinski definition) is 2. The van der Waals surface area contributed by atoms with E-state index < -0.39 is 17.8 Å². The molecule has 1 saturated heterocycles. The van der Waals surface area contributed by atoms with Crippen molar-refractivity contribution in [3.05, 3.63) is 29.6 Å². The van der Waals surface area contributed by atoms with Crippen LogP contribution in [-0.2, 0) is 0 Å². The molecular formula is C13H16FN3O3. The van der Waals surface area contributed by atoms with Crippen molar-refractivity contribution in [3.8, 4) is 0 Å². The van der Waals surface area contributed by atoms with E-state index in [9.17, 15) is 14.0 Å². The number of amides is 2. The molecule has 1 aromatic rings. The SMILES string of the molecule is CC1CN(c2ccc(C(N)=O)c(F)c2)CCN1C(=O)O. The second-order valence-corrected chi connectivity index (χ2v) is 4.80. The Labute approximate surface area is 115 Å². The summed E-state index contributed by atoms with van der Waals surface area (Å²) in [5, 5.41) is 9.00. The highest BCUT2D eigenvalue weighted by Crippen LogP contribution is 2.22. The minimum Gasteiger partial charge on any atom is -0.465 e. The number of carbonyl (C=O) groups excluding carboxylic acids is 1. The van der Waals surface area contributed by atoms with Gasteiger partial charge < -0.3 is 20.6 Å². The number of nitrogens with two attached hydrogens (primary N) is 1. The number of benzene rings is 1. The van der Waals surface area contributed by atoms with Gasteiger partial charge in [0.15, 0.2) is 0 Å². The molecule has 6 nitrogen and oxygen atoms in total. The Hall–Kier alpha value is -2.31. The molecule has 108 valence electrons. The summed E-state index contributed by atoms with van der Waals surface area (Å²) in [6.07, 6.45) is -0.951. The molecule has 0 aromatic heterocycles. The molecule has 2 amide bonds. The summed E-state index contributed by atoms with van der Waals surface area (Å²) >= 11 is 0. The molecule has 20 heavy (non-hydrogen) atoms. The highest BCUT2D eigenvalue weighted by molar-refractivity contribution is 5.93. The average molecular weight is 281 g/mol. The van der Waals surface area contributed by atoms with Gasteiger partial charge in [0.1, 0.15) is 5.82 Å². The Balaban J connectivity index is 2.16. The average Bonchev–Trinajstić information content (AvgIpc) is 2.37. The summed E-state index contributed by atoms with van der Waals surface area (Å²) in [4.78, 5) is 25.2. The van der Waals surface area contributed by atoms with Crippen LogP contribution in [0.15, 0.2) is 18.2 Å². The fraction of sp³-hybridized carbons (Fsp3) is 0.385. The van der Waals surface area contributed by atoms with E-state index in [4.69, 9.17) is 10.8 Å². The molecule has 1 aliphatic rings. The normalized spacial score (nSPS) is 19.0. The van der Waals surface area contributed by atoms with Gasteiger partial charge >= 0.3 is 6.09 Å². The number of piperazine rings is 1. The van der Waals surface area contributed by atoms with E-state index in [1.54, 1.807) is 13.0 Å². The third-order valence-electron chi connectivity index (χ3n) is 3.46. The molecule has 1 aliphatic heterocycles. The fourth-order valence-electron chi connectivity index (χ4n) is 2.38. The third kappa shape index (κ3) is 2.66. The monoisotopic (exact) mass is 281 g/mol. The molecule has 1 aromatic carbocycles. The second kappa shape index (κ2) is 5.36. The van der Waals surface area contributed by atoms with Gasteiger partial charge in [0.25, 0.3) is 5.91 Å². The Bertz CT molecular complexity index is 550. The number of anilines is 1. The molecule has 7 heteroatoms. The molecule has 3 N–H and O–H groups in total. The van der Waals surface area contributed by atoms with Crippen molar-refractivity contribution < 1.29 is 19.1 Å². The molecular weight excluding hydrogens is 265 g/mol. The highest BCUT2D eigenvalue weighted by Gasteiger charge is 2.27. The molecule has 0 bridgehead atoms. The Kier molecular flexibility index (Phi) is 3.78. The lowest BCUT2D eigenvalue weighted by Crippen LogP contribution is -2.53. The molecule has 1 atom stereocenters. The van der Waals surface area contributed by atoms with Crippen LogP contribution in [0.1, 0.15) is 17.3 Å². The van der Waals surface area contributed by atoms with Crippen LogP contribution >= 0.6 is 0 Å². The number of carbonyl (C=O) groups is 2. The maximum atomic E-state index is 13.7. The maximum Gasteiger partial charge on any atom is 0.407 e. The predicted octanol–water partition coefficient (Wildman–Crippen LogP) is 1.11. The van der Waals surface area contributed by atoms with Gasteiger partial charge in [0.2, 0.25) is 0 Å². The van der Waals surface area contributed by atoms with Crippen molar-refractivity contribution in [1.29, 1.82) is 0 Å². The number of primary amides is 1. The summed E-state index contributed by atoms with van der Waals surface area (Å²) in [5.74, 6) is -1.47. The van der Waals surface area contributed by atoms with E-state index in [0.29, 0.717) is 25.3 Å². The van der Waals surface area contributed by atoms with Crippen molar-refractivity contribution in [2.75, 3.05) is 24.5 Å². The van der Waals surface area contributed by atoms with Crippen LogP contribution in [0.4, 0.5) is 14.9 Å². The molecule has 0 radical (unpaired) electrons. The van der Waals surface area contributed by atoms with Crippen molar-refractivity contribution in [2.24, 2.45) is 5.73 Å². The first-order chi connectivity index (χ1) is 9.40. The topological polar surface area (TPSA) is 86.9 Å². The van der Waals surface area contributed by atoms with Gasteiger partial charge in [-0.05, 0) is 25.1 Å². The predicted molar refractivity (Wildman–Crippen MR) is 71.3 cm³/mol. The van der Waals surface area contributed by atoms with E-state index in [-0.39, 0.29) is 11.6 Å². The number of nitrogens with zero attached hydrogens (tertiary/aromatic N) is 2. The fourth-order valence-corrected chi connectivity index (χ4v) is 2.38. The Morgan fingerprint density at radius 1 is 1.40 bits per heavy atom. The maximum absolute atomic E-state index is 13.7. The molecule has 0 saturated carbocycles. The van der Waals surface area contributed by atoms with Gasteiger partial charge in [-0.25, -0.2) is 9.18 Å². The molecule has 0 spiro atoms.